The van der Waals surface area contributed by atoms with E-state index in [9.17, 15) is 23.1 Å². The van der Waals surface area contributed by atoms with E-state index in [1.165, 1.54) is 25.1 Å². The predicted octanol–water partition coefficient (Wildman–Crippen LogP) is 1.20. The number of ketones is 1. The standard InChI is InChI=1S/C15H20N2O5S/c1-10(18)17-7-5-11(6-8-17)15(20)13-4-3-12(9-14(13)19)16-23(2,21)22/h3-4,9,11,16,19H,5-8H2,1-2H3. The van der Waals surface area contributed by atoms with Gasteiger partial charge in [0.2, 0.25) is 15.9 Å². The zero-order valence-corrected chi connectivity index (χ0v) is 13.9. The number of carbonyl (C=O) groups is 2. The number of hydrogen-bond donors (Lipinski definition) is 2. The van der Waals surface area contributed by atoms with Crippen LogP contribution < -0.4 is 4.72 Å². The molecule has 2 N–H and O–H groups in total. The Balaban J connectivity index is 2.10. The molecule has 1 aromatic rings. The molecule has 23 heavy (non-hydrogen) atoms. The average Bonchev–Trinajstić information content (AvgIpc) is 2.45. The van der Waals surface area contributed by atoms with Crippen molar-refractivity contribution in [3.8, 4) is 5.75 Å². The Morgan fingerprint density at radius 3 is 2.35 bits per heavy atom. The third-order valence-corrected chi connectivity index (χ3v) is 4.48. The highest BCUT2D eigenvalue weighted by atomic mass is 32.2. The Morgan fingerprint density at radius 1 is 1.26 bits per heavy atom. The first kappa shape index (κ1) is 17.3. The molecule has 126 valence electrons. The first-order valence-corrected chi connectivity index (χ1v) is 9.17. The van der Waals surface area contributed by atoms with Crippen molar-refractivity contribution >= 4 is 27.4 Å². The molecule has 0 bridgehead atoms. The van der Waals surface area contributed by atoms with Crippen LogP contribution in [0.4, 0.5) is 5.69 Å². The number of Topliss-reactive ketones (excluding diaryl/α,β-unsaturated/α-hetero) is 1. The van der Waals surface area contributed by atoms with Gasteiger partial charge in [0.25, 0.3) is 0 Å². The highest BCUT2D eigenvalue weighted by Crippen LogP contribution is 2.28. The number of hydrogen-bond acceptors (Lipinski definition) is 5. The summed E-state index contributed by atoms with van der Waals surface area (Å²) in [5.41, 5.74) is 0.373. The van der Waals surface area contributed by atoms with Gasteiger partial charge in [0, 0.05) is 32.0 Å². The second-order valence-electron chi connectivity index (χ2n) is 5.75. The van der Waals surface area contributed by atoms with Gasteiger partial charge in [0.05, 0.1) is 17.5 Å². The van der Waals surface area contributed by atoms with Gasteiger partial charge in [-0.05, 0) is 25.0 Å². The summed E-state index contributed by atoms with van der Waals surface area (Å²) in [6.45, 7) is 2.56. The van der Waals surface area contributed by atoms with Gasteiger partial charge in [-0.1, -0.05) is 0 Å². The van der Waals surface area contributed by atoms with Crippen LogP contribution in [0.2, 0.25) is 0 Å². The fourth-order valence-electron chi connectivity index (χ4n) is 2.69. The molecule has 1 aliphatic heterocycles. The Hall–Kier alpha value is -2.09. The van der Waals surface area contributed by atoms with Gasteiger partial charge >= 0.3 is 0 Å². The van der Waals surface area contributed by atoms with Crippen molar-refractivity contribution in [2.45, 2.75) is 19.8 Å². The maximum absolute atomic E-state index is 12.5. The summed E-state index contributed by atoms with van der Waals surface area (Å²) in [6.07, 6.45) is 2.12. The zero-order chi connectivity index (χ0) is 17.2. The van der Waals surface area contributed by atoms with Crippen LogP contribution in [0, 0.1) is 5.92 Å². The summed E-state index contributed by atoms with van der Waals surface area (Å²) >= 11 is 0. The first-order valence-electron chi connectivity index (χ1n) is 7.28. The molecule has 1 aliphatic rings. The lowest BCUT2D eigenvalue weighted by molar-refractivity contribution is -0.130. The highest BCUT2D eigenvalue weighted by Gasteiger charge is 2.28. The van der Waals surface area contributed by atoms with Gasteiger partial charge < -0.3 is 10.0 Å². The molecule has 0 spiro atoms. The smallest absolute Gasteiger partial charge is 0.229 e. The second kappa shape index (κ2) is 6.57. The van der Waals surface area contributed by atoms with Crippen LogP contribution in [0.1, 0.15) is 30.1 Å². The minimum Gasteiger partial charge on any atom is -0.507 e. The fraction of sp³-hybridized carbons (Fsp3) is 0.467. The molecule has 1 heterocycles. The van der Waals surface area contributed by atoms with Crippen LogP contribution in [0.15, 0.2) is 18.2 Å². The van der Waals surface area contributed by atoms with E-state index in [1.807, 2.05) is 0 Å². The third kappa shape index (κ3) is 4.44. The number of nitrogens with one attached hydrogen (secondary N) is 1. The van der Waals surface area contributed by atoms with Crippen molar-refractivity contribution in [1.29, 1.82) is 0 Å². The van der Waals surface area contributed by atoms with Gasteiger partial charge in [-0.15, -0.1) is 0 Å². The van der Waals surface area contributed by atoms with Crippen molar-refractivity contribution in [3.63, 3.8) is 0 Å². The van der Waals surface area contributed by atoms with E-state index < -0.39 is 10.0 Å². The van der Waals surface area contributed by atoms with Gasteiger partial charge in [-0.2, -0.15) is 0 Å². The number of phenolic OH excluding ortho intramolecular Hbond substituents is 1. The molecular formula is C15H20N2O5S. The van der Waals surface area contributed by atoms with E-state index >= 15 is 0 Å². The van der Waals surface area contributed by atoms with Crippen molar-refractivity contribution < 1.29 is 23.1 Å². The van der Waals surface area contributed by atoms with E-state index in [1.54, 1.807) is 4.90 Å². The summed E-state index contributed by atoms with van der Waals surface area (Å²) in [6, 6.07) is 4.08. The Kier molecular flexibility index (Phi) is 4.93. The molecule has 0 aliphatic carbocycles. The number of anilines is 1. The van der Waals surface area contributed by atoms with Crippen LogP contribution in [0.3, 0.4) is 0 Å². The number of aromatic hydroxyl groups is 1. The van der Waals surface area contributed by atoms with Gasteiger partial charge in [0.1, 0.15) is 5.75 Å². The quantitative estimate of drug-likeness (QED) is 0.802. The minimum absolute atomic E-state index is 0.00468. The lowest BCUT2D eigenvalue weighted by atomic mass is 9.88. The van der Waals surface area contributed by atoms with E-state index in [4.69, 9.17) is 0 Å². The maximum atomic E-state index is 12.5. The van der Waals surface area contributed by atoms with Crippen LogP contribution >= 0.6 is 0 Å². The van der Waals surface area contributed by atoms with Crippen LogP contribution in [0.25, 0.3) is 0 Å². The monoisotopic (exact) mass is 340 g/mol. The van der Waals surface area contributed by atoms with E-state index in [0.717, 1.165) is 6.26 Å². The summed E-state index contributed by atoms with van der Waals surface area (Å²) in [7, 11) is -3.45. The normalized spacial score (nSPS) is 16.2. The molecule has 8 heteroatoms. The summed E-state index contributed by atoms with van der Waals surface area (Å²) in [5, 5.41) is 10.0. The molecule has 2 rings (SSSR count). The number of nitrogens with zero attached hydrogens (tertiary/aromatic N) is 1. The largest absolute Gasteiger partial charge is 0.507 e. The highest BCUT2D eigenvalue weighted by molar-refractivity contribution is 7.92. The minimum atomic E-state index is -3.45. The summed E-state index contributed by atoms with van der Waals surface area (Å²) in [4.78, 5) is 25.5. The molecule has 0 atom stereocenters. The van der Waals surface area contributed by atoms with Gasteiger partial charge in [-0.3, -0.25) is 14.3 Å². The topological polar surface area (TPSA) is 104 Å². The number of phenols is 1. The first-order chi connectivity index (χ1) is 10.7. The Morgan fingerprint density at radius 2 is 1.87 bits per heavy atom. The number of likely N-dealkylation sites (tertiary alicyclic amines) is 1. The number of rotatable bonds is 4. The second-order valence-corrected chi connectivity index (χ2v) is 7.50. The Bertz CT molecular complexity index is 721. The van der Waals surface area contributed by atoms with Crippen LogP contribution in [0.5, 0.6) is 5.75 Å². The molecule has 0 radical (unpaired) electrons. The molecule has 1 saturated heterocycles. The average molecular weight is 340 g/mol. The number of benzene rings is 1. The molecular weight excluding hydrogens is 320 g/mol. The molecule has 1 aromatic carbocycles. The predicted molar refractivity (Wildman–Crippen MR) is 85.9 cm³/mol. The van der Waals surface area contributed by atoms with E-state index in [-0.39, 0.29) is 34.6 Å². The molecule has 7 nitrogen and oxygen atoms in total. The lowest BCUT2D eigenvalue weighted by Crippen LogP contribution is -2.39. The zero-order valence-electron chi connectivity index (χ0n) is 13.1. The van der Waals surface area contributed by atoms with Crippen LogP contribution in [-0.2, 0) is 14.8 Å². The summed E-state index contributed by atoms with van der Waals surface area (Å²) < 4.78 is 24.6. The van der Waals surface area contributed by atoms with Gasteiger partial charge in [-0.25, -0.2) is 8.42 Å². The fourth-order valence-corrected chi connectivity index (χ4v) is 3.25. The number of amides is 1. The third-order valence-electron chi connectivity index (χ3n) is 3.88. The molecule has 0 aromatic heterocycles. The number of piperidine rings is 1. The van der Waals surface area contributed by atoms with E-state index in [0.29, 0.717) is 25.9 Å². The van der Waals surface area contributed by atoms with Gasteiger partial charge in [0.15, 0.2) is 5.78 Å². The lowest BCUT2D eigenvalue weighted by Gasteiger charge is -2.30. The number of carbonyl (C=O) groups excluding carboxylic acids is 2. The number of sulfonamides is 1. The molecule has 0 saturated carbocycles. The van der Waals surface area contributed by atoms with Crippen molar-refractivity contribution in [3.05, 3.63) is 23.8 Å². The van der Waals surface area contributed by atoms with Crippen molar-refractivity contribution in [2.24, 2.45) is 5.92 Å². The molecule has 1 fully saturated rings. The van der Waals surface area contributed by atoms with E-state index in [2.05, 4.69) is 4.72 Å². The molecule has 1 amide bonds. The van der Waals surface area contributed by atoms with Crippen LogP contribution in [-0.4, -0.2) is 49.5 Å². The summed E-state index contributed by atoms with van der Waals surface area (Å²) in [5.74, 6) is -0.686. The maximum Gasteiger partial charge on any atom is 0.229 e. The van der Waals surface area contributed by atoms with Crippen molar-refractivity contribution in [1.82, 2.24) is 4.90 Å². The SMILES string of the molecule is CC(=O)N1CCC(C(=O)c2ccc(NS(C)(=O)=O)cc2O)CC1. The van der Waals surface area contributed by atoms with Crippen molar-refractivity contribution in [2.75, 3.05) is 24.1 Å². The molecule has 0 unspecified atom stereocenters. The Labute approximate surface area is 135 Å².